The van der Waals surface area contributed by atoms with Gasteiger partial charge in [0.25, 0.3) is 0 Å². The largest absolute Gasteiger partial charge is 0.497 e. The number of nitrogens with one attached hydrogen (secondary N) is 1. The van der Waals surface area contributed by atoms with E-state index < -0.39 is 0 Å². The predicted octanol–water partition coefficient (Wildman–Crippen LogP) is 3.83. The fraction of sp³-hybridized carbons (Fsp3) is 0.158. The lowest BCUT2D eigenvalue weighted by atomic mass is 10.2. The monoisotopic (exact) mass is 350 g/mol. The zero-order valence-corrected chi connectivity index (χ0v) is 14.5. The molecule has 26 heavy (non-hydrogen) atoms. The number of anilines is 2. The molecule has 7 heteroatoms. The van der Waals surface area contributed by atoms with Crippen molar-refractivity contribution in [3.05, 3.63) is 60.9 Å². The summed E-state index contributed by atoms with van der Waals surface area (Å²) in [6.45, 7) is 0.610. The van der Waals surface area contributed by atoms with Crippen LogP contribution in [0, 0.1) is 0 Å². The third-order valence-corrected chi connectivity index (χ3v) is 4.09. The van der Waals surface area contributed by atoms with Crippen LogP contribution < -0.4 is 14.8 Å². The number of rotatable bonds is 6. The summed E-state index contributed by atoms with van der Waals surface area (Å²) in [5, 5.41) is 3.29. The van der Waals surface area contributed by atoms with Crippen LogP contribution >= 0.6 is 0 Å². The molecule has 0 radical (unpaired) electrons. The number of methoxy groups -OCH3 is 2. The van der Waals surface area contributed by atoms with E-state index >= 15 is 0 Å². The molecule has 4 aromatic rings. The fourth-order valence-electron chi connectivity index (χ4n) is 2.77. The summed E-state index contributed by atoms with van der Waals surface area (Å²) in [5.41, 5.74) is 2.59. The Morgan fingerprint density at radius 2 is 2.04 bits per heavy atom. The van der Waals surface area contributed by atoms with Crippen LogP contribution in [0.25, 0.3) is 11.0 Å². The third-order valence-electron chi connectivity index (χ3n) is 4.09. The summed E-state index contributed by atoms with van der Waals surface area (Å²) in [6.07, 6.45) is 5.19. The van der Waals surface area contributed by atoms with Crippen LogP contribution in [-0.4, -0.2) is 28.8 Å². The van der Waals surface area contributed by atoms with E-state index in [9.17, 15) is 0 Å². The van der Waals surface area contributed by atoms with Crippen molar-refractivity contribution in [1.82, 2.24) is 14.5 Å². The van der Waals surface area contributed by atoms with Gasteiger partial charge in [-0.3, -0.25) is 0 Å². The molecule has 0 saturated carbocycles. The molecular formula is C19H18N4O3. The van der Waals surface area contributed by atoms with Gasteiger partial charge >= 0.3 is 0 Å². The van der Waals surface area contributed by atoms with Crippen molar-refractivity contribution in [1.29, 1.82) is 0 Å². The van der Waals surface area contributed by atoms with Gasteiger partial charge in [0.05, 0.1) is 50.8 Å². The Kier molecular flexibility index (Phi) is 4.18. The first-order valence-electron chi connectivity index (χ1n) is 8.09. The molecule has 0 spiro atoms. The first-order valence-corrected chi connectivity index (χ1v) is 8.09. The highest BCUT2D eigenvalue weighted by Gasteiger charge is 2.10. The van der Waals surface area contributed by atoms with Crippen LogP contribution in [0.2, 0.25) is 0 Å². The first-order chi connectivity index (χ1) is 12.8. The topological polar surface area (TPSA) is 74.3 Å². The molecule has 4 rings (SSSR count). The van der Waals surface area contributed by atoms with Crippen LogP contribution in [0.4, 0.5) is 11.5 Å². The summed E-state index contributed by atoms with van der Waals surface area (Å²) in [5.74, 6) is 2.97. The second-order valence-corrected chi connectivity index (χ2v) is 5.70. The quantitative estimate of drug-likeness (QED) is 0.570. The van der Waals surface area contributed by atoms with E-state index in [0.717, 1.165) is 28.2 Å². The van der Waals surface area contributed by atoms with Crippen molar-refractivity contribution in [3.8, 4) is 11.5 Å². The van der Waals surface area contributed by atoms with Gasteiger partial charge < -0.3 is 23.8 Å². The molecule has 1 aromatic carbocycles. The molecule has 3 heterocycles. The van der Waals surface area contributed by atoms with Gasteiger partial charge in [0.1, 0.15) is 28.6 Å². The number of imidazole rings is 1. The Hall–Kier alpha value is -3.48. The SMILES string of the molecule is COc1ccc(Nc2cc3c(cn2)ncn3Cc2ccco2)c(OC)c1. The highest BCUT2D eigenvalue weighted by atomic mass is 16.5. The number of furan rings is 1. The van der Waals surface area contributed by atoms with Gasteiger partial charge in [0, 0.05) is 12.1 Å². The maximum atomic E-state index is 5.43. The summed E-state index contributed by atoms with van der Waals surface area (Å²) in [7, 11) is 3.24. The minimum atomic E-state index is 0.610. The standard InChI is InChI=1S/C19H18N4O3/c1-24-13-5-6-15(18(8-13)25-2)22-19-9-17-16(10-20-19)21-12-23(17)11-14-4-3-7-26-14/h3-10,12H,11H2,1-2H3,(H,20,22). The highest BCUT2D eigenvalue weighted by Crippen LogP contribution is 2.31. The molecule has 1 N–H and O–H groups in total. The number of fused-ring (bicyclic) bond motifs is 1. The van der Waals surface area contributed by atoms with Crippen LogP contribution in [-0.2, 0) is 6.54 Å². The third kappa shape index (κ3) is 3.06. The number of benzene rings is 1. The molecule has 0 fully saturated rings. The molecule has 7 nitrogen and oxygen atoms in total. The van der Waals surface area contributed by atoms with Gasteiger partial charge in [-0.1, -0.05) is 0 Å². The van der Waals surface area contributed by atoms with Crippen LogP contribution in [0.3, 0.4) is 0 Å². The van der Waals surface area contributed by atoms with E-state index in [0.29, 0.717) is 18.1 Å². The Labute approximate surface area is 150 Å². The molecule has 132 valence electrons. The van der Waals surface area contributed by atoms with Gasteiger partial charge in [-0.25, -0.2) is 9.97 Å². The van der Waals surface area contributed by atoms with Crippen molar-refractivity contribution in [2.24, 2.45) is 0 Å². The lowest BCUT2D eigenvalue weighted by molar-refractivity contribution is 0.395. The maximum Gasteiger partial charge on any atom is 0.146 e. The zero-order valence-electron chi connectivity index (χ0n) is 14.5. The number of pyridine rings is 1. The molecule has 0 atom stereocenters. The van der Waals surface area contributed by atoms with Crippen molar-refractivity contribution >= 4 is 22.5 Å². The van der Waals surface area contributed by atoms with E-state index in [2.05, 4.69) is 15.3 Å². The Bertz CT molecular complexity index is 1020. The molecule has 0 aliphatic rings. The summed E-state index contributed by atoms with van der Waals surface area (Å²) < 4.78 is 18.1. The predicted molar refractivity (Wildman–Crippen MR) is 98.2 cm³/mol. The molecule has 0 aliphatic heterocycles. The lowest BCUT2D eigenvalue weighted by Gasteiger charge is -2.12. The van der Waals surface area contributed by atoms with Crippen molar-refractivity contribution in [3.63, 3.8) is 0 Å². The summed E-state index contributed by atoms with van der Waals surface area (Å²) >= 11 is 0. The Morgan fingerprint density at radius 1 is 1.12 bits per heavy atom. The maximum absolute atomic E-state index is 5.43. The molecule has 0 bridgehead atoms. The van der Waals surface area contributed by atoms with Crippen LogP contribution in [0.15, 0.2) is 59.6 Å². The smallest absolute Gasteiger partial charge is 0.146 e. The van der Waals surface area contributed by atoms with Crippen LogP contribution in [0.5, 0.6) is 11.5 Å². The van der Waals surface area contributed by atoms with Crippen molar-refractivity contribution < 1.29 is 13.9 Å². The average Bonchev–Trinajstić information content (AvgIpc) is 3.33. The minimum absolute atomic E-state index is 0.610. The number of nitrogens with zero attached hydrogens (tertiary/aromatic N) is 3. The van der Waals surface area contributed by atoms with E-state index in [1.54, 1.807) is 33.0 Å². The Morgan fingerprint density at radius 3 is 2.81 bits per heavy atom. The van der Waals surface area contributed by atoms with Crippen LogP contribution in [0.1, 0.15) is 5.76 Å². The number of aromatic nitrogens is 3. The molecule has 0 unspecified atom stereocenters. The Balaban J connectivity index is 1.65. The molecule has 3 aromatic heterocycles. The summed E-state index contributed by atoms with van der Waals surface area (Å²) in [6, 6.07) is 11.3. The number of ether oxygens (including phenoxy) is 2. The molecule has 0 amide bonds. The van der Waals surface area contributed by atoms with Gasteiger partial charge in [-0.2, -0.15) is 0 Å². The molecule has 0 aliphatic carbocycles. The summed E-state index contributed by atoms with van der Waals surface area (Å²) in [4.78, 5) is 8.83. The average molecular weight is 350 g/mol. The van der Waals surface area contributed by atoms with E-state index in [1.165, 1.54) is 0 Å². The highest BCUT2D eigenvalue weighted by molar-refractivity contribution is 5.79. The van der Waals surface area contributed by atoms with Gasteiger partial charge in [-0.15, -0.1) is 0 Å². The first kappa shape index (κ1) is 16.0. The van der Waals surface area contributed by atoms with E-state index in [4.69, 9.17) is 13.9 Å². The number of hydrogen-bond acceptors (Lipinski definition) is 6. The van der Waals surface area contributed by atoms with Gasteiger partial charge in [-0.05, 0) is 24.3 Å². The van der Waals surface area contributed by atoms with Gasteiger partial charge in [0.2, 0.25) is 0 Å². The lowest BCUT2D eigenvalue weighted by Crippen LogP contribution is -1.99. The zero-order chi connectivity index (χ0) is 17.9. The molecule has 0 saturated heterocycles. The van der Waals surface area contributed by atoms with Crippen molar-refractivity contribution in [2.75, 3.05) is 19.5 Å². The second kappa shape index (κ2) is 6.79. The van der Waals surface area contributed by atoms with E-state index in [1.807, 2.05) is 41.0 Å². The molecular weight excluding hydrogens is 332 g/mol. The van der Waals surface area contributed by atoms with E-state index in [-0.39, 0.29) is 0 Å². The number of hydrogen-bond donors (Lipinski definition) is 1. The van der Waals surface area contributed by atoms with Crippen molar-refractivity contribution in [2.45, 2.75) is 6.54 Å². The van der Waals surface area contributed by atoms with Gasteiger partial charge in [0.15, 0.2) is 0 Å². The fourth-order valence-corrected chi connectivity index (χ4v) is 2.77. The minimum Gasteiger partial charge on any atom is -0.497 e. The second-order valence-electron chi connectivity index (χ2n) is 5.70. The normalized spacial score (nSPS) is 10.8.